The van der Waals surface area contributed by atoms with Crippen LogP contribution in [0, 0.1) is 0 Å². The first-order chi connectivity index (χ1) is 16.1. The van der Waals surface area contributed by atoms with Gasteiger partial charge in [0.25, 0.3) is 0 Å². The molecule has 1 aromatic carbocycles. The van der Waals surface area contributed by atoms with Gasteiger partial charge in [-0.3, -0.25) is 0 Å². The largest absolute Gasteiger partial charge is 0.462 e. The number of benzene rings is 1. The fraction of sp³-hybridized carbons (Fsp3) is 0.714. The Labute approximate surface area is 206 Å². The number of esters is 2. The van der Waals surface area contributed by atoms with Crippen LogP contribution in [0.3, 0.4) is 0 Å². The van der Waals surface area contributed by atoms with Crippen LogP contribution in [-0.2, 0) is 9.47 Å². The van der Waals surface area contributed by atoms with Crippen LogP contribution in [-0.4, -0.2) is 30.5 Å². The second-order valence-electron chi connectivity index (χ2n) is 9.01. The normalized spacial score (nSPS) is 11.8. The molecule has 0 aliphatic rings. The summed E-state index contributed by atoms with van der Waals surface area (Å²) in [6, 6.07) is 6.58. The topological polar surface area (TPSA) is 52.6 Å². The molecule has 0 aliphatic heterocycles. The first-order valence-corrected chi connectivity index (χ1v) is 13.6. The molecule has 0 bridgehead atoms. The summed E-state index contributed by atoms with van der Waals surface area (Å²) in [7, 11) is 0. The zero-order valence-electron chi connectivity index (χ0n) is 20.9. The number of halogens is 1. The molecule has 0 spiro atoms. The highest BCUT2D eigenvalue weighted by Crippen LogP contribution is 2.15. The minimum absolute atomic E-state index is 0.100. The summed E-state index contributed by atoms with van der Waals surface area (Å²) in [5, 5.41) is -0.279. The Balaban J connectivity index is 2.05. The maximum atomic E-state index is 12.4. The molecule has 0 heterocycles. The Morgan fingerprint density at radius 1 is 0.697 bits per heavy atom. The average Bonchev–Trinajstić information content (AvgIpc) is 2.82. The number of ether oxygens (including phenoxy) is 2. The van der Waals surface area contributed by atoms with Crippen LogP contribution >= 0.6 is 11.6 Å². The van der Waals surface area contributed by atoms with E-state index in [0.29, 0.717) is 6.61 Å². The van der Waals surface area contributed by atoms with Crippen molar-refractivity contribution in [1.82, 2.24) is 0 Å². The van der Waals surface area contributed by atoms with E-state index in [1.807, 2.05) is 0 Å². The zero-order chi connectivity index (χ0) is 24.2. The molecular weight excluding hydrogens is 436 g/mol. The van der Waals surface area contributed by atoms with E-state index in [1.165, 1.54) is 83.5 Å². The van der Waals surface area contributed by atoms with Crippen molar-refractivity contribution in [2.24, 2.45) is 0 Å². The van der Waals surface area contributed by atoms with Gasteiger partial charge in [0.2, 0.25) is 0 Å². The minimum Gasteiger partial charge on any atom is -0.462 e. The molecule has 0 aromatic heterocycles. The highest BCUT2D eigenvalue weighted by atomic mass is 35.5. The molecule has 1 unspecified atom stereocenters. The van der Waals surface area contributed by atoms with Crippen molar-refractivity contribution in [3.8, 4) is 0 Å². The number of carbonyl (C=O) groups is 2. The Morgan fingerprint density at radius 3 is 1.52 bits per heavy atom. The molecule has 0 amide bonds. The van der Waals surface area contributed by atoms with E-state index in [0.717, 1.165) is 12.8 Å². The lowest BCUT2D eigenvalue weighted by atomic mass is 10.0. The van der Waals surface area contributed by atoms with Gasteiger partial charge in [0, 0.05) is 0 Å². The number of hydrogen-bond acceptors (Lipinski definition) is 4. The molecule has 0 aliphatic carbocycles. The van der Waals surface area contributed by atoms with Gasteiger partial charge in [-0.25, -0.2) is 9.59 Å². The van der Waals surface area contributed by atoms with Crippen LogP contribution in [0.15, 0.2) is 24.3 Å². The number of carbonyl (C=O) groups excluding carboxylic acids is 2. The van der Waals surface area contributed by atoms with E-state index < -0.39 is 11.9 Å². The molecule has 1 aromatic rings. The van der Waals surface area contributed by atoms with E-state index in [2.05, 4.69) is 6.92 Å². The number of alkyl halides is 1. The summed E-state index contributed by atoms with van der Waals surface area (Å²) in [6.45, 7) is 4.48. The summed E-state index contributed by atoms with van der Waals surface area (Å²) < 4.78 is 10.5. The van der Waals surface area contributed by atoms with E-state index >= 15 is 0 Å². The van der Waals surface area contributed by atoms with E-state index in [1.54, 1.807) is 31.2 Å². The average molecular weight is 481 g/mol. The van der Waals surface area contributed by atoms with Crippen LogP contribution in [0.5, 0.6) is 0 Å². The maximum Gasteiger partial charge on any atom is 0.339 e. The smallest absolute Gasteiger partial charge is 0.339 e. The van der Waals surface area contributed by atoms with Gasteiger partial charge in [-0.05, 0) is 25.5 Å². The van der Waals surface area contributed by atoms with Crippen LogP contribution < -0.4 is 0 Å². The Hall–Kier alpha value is -1.55. The van der Waals surface area contributed by atoms with Crippen LogP contribution in [0.1, 0.15) is 131 Å². The highest BCUT2D eigenvalue weighted by molar-refractivity contribution is 6.20. The molecule has 1 atom stereocenters. The van der Waals surface area contributed by atoms with Gasteiger partial charge >= 0.3 is 11.9 Å². The van der Waals surface area contributed by atoms with Gasteiger partial charge < -0.3 is 9.47 Å². The summed E-state index contributed by atoms with van der Waals surface area (Å²) in [6.07, 6.45) is 19.4. The third-order valence-corrected chi connectivity index (χ3v) is 5.92. The van der Waals surface area contributed by atoms with Crippen molar-refractivity contribution >= 4 is 23.5 Å². The number of unbranched alkanes of at least 4 members (excludes halogenated alkanes) is 14. The Morgan fingerprint density at radius 2 is 1.09 bits per heavy atom. The SMILES string of the molecule is CCCCCCCCCCCCCCCCCOC(=O)c1ccccc1C(=O)OCC(C)Cl. The summed E-state index contributed by atoms with van der Waals surface area (Å²) >= 11 is 5.82. The molecule has 0 saturated heterocycles. The molecule has 5 heteroatoms. The molecule has 1 rings (SSSR count). The molecule has 0 N–H and O–H groups in total. The molecule has 4 nitrogen and oxygen atoms in total. The van der Waals surface area contributed by atoms with Crippen LogP contribution in [0.2, 0.25) is 0 Å². The summed E-state index contributed by atoms with van der Waals surface area (Å²) in [4.78, 5) is 24.6. The lowest BCUT2D eigenvalue weighted by Gasteiger charge is -2.10. The fourth-order valence-corrected chi connectivity index (χ4v) is 3.89. The molecule has 33 heavy (non-hydrogen) atoms. The molecule has 188 valence electrons. The van der Waals surface area contributed by atoms with Gasteiger partial charge in [-0.1, -0.05) is 109 Å². The second kappa shape index (κ2) is 19.9. The number of rotatable bonds is 20. The first kappa shape index (κ1) is 29.5. The quantitative estimate of drug-likeness (QED) is 0.107. The Bertz CT molecular complexity index is 645. The van der Waals surface area contributed by atoms with E-state index in [4.69, 9.17) is 21.1 Å². The van der Waals surface area contributed by atoms with Gasteiger partial charge in [-0.2, -0.15) is 0 Å². The predicted octanol–water partition coefficient (Wildman–Crippen LogP) is 8.50. The monoisotopic (exact) mass is 480 g/mol. The van der Waals surface area contributed by atoms with Crippen LogP contribution in [0.4, 0.5) is 0 Å². The standard InChI is InChI=1S/C28H45ClO4/c1-3-4-5-6-7-8-9-10-11-12-13-14-15-16-19-22-32-27(30)25-20-17-18-21-26(25)28(31)33-23-24(2)29/h17-18,20-21,24H,3-16,19,22-23H2,1-2H3. The van der Waals surface area contributed by atoms with Crippen molar-refractivity contribution in [3.63, 3.8) is 0 Å². The maximum absolute atomic E-state index is 12.4. The zero-order valence-corrected chi connectivity index (χ0v) is 21.7. The fourth-order valence-electron chi connectivity index (χ4n) is 3.82. The van der Waals surface area contributed by atoms with E-state index in [-0.39, 0.29) is 23.1 Å². The van der Waals surface area contributed by atoms with Crippen molar-refractivity contribution in [2.45, 2.75) is 116 Å². The minimum atomic E-state index is -0.554. The Kier molecular flexibility index (Phi) is 17.8. The molecule has 0 saturated carbocycles. The number of hydrogen-bond donors (Lipinski definition) is 0. The van der Waals surface area contributed by atoms with Gasteiger partial charge in [-0.15, -0.1) is 11.6 Å². The third-order valence-electron chi connectivity index (χ3n) is 5.79. The lowest BCUT2D eigenvalue weighted by Crippen LogP contribution is -2.17. The van der Waals surface area contributed by atoms with Crippen molar-refractivity contribution in [1.29, 1.82) is 0 Å². The first-order valence-electron chi connectivity index (χ1n) is 13.1. The van der Waals surface area contributed by atoms with Gasteiger partial charge in [0.05, 0.1) is 23.1 Å². The summed E-state index contributed by atoms with van der Waals surface area (Å²) in [5.41, 5.74) is 0.460. The third kappa shape index (κ3) is 15.1. The summed E-state index contributed by atoms with van der Waals surface area (Å²) in [5.74, 6) is -1.03. The molecule has 0 radical (unpaired) electrons. The van der Waals surface area contributed by atoms with Gasteiger partial charge in [0.1, 0.15) is 6.61 Å². The highest BCUT2D eigenvalue weighted by Gasteiger charge is 2.19. The van der Waals surface area contributed by atoms with Crippen molar-refractivity contribution < 1.29 is 19.1 Å². The van der Waals surface area contributed by atoms with Gasteiger partial charge in [0.15, 0.2) is 0 Å². The van der Waals surface area contributed by atoms with Crippen molar-refractivity contribution in [3.05, 3.63) is 35.4 Å². The molecule has 0 fully saturated rings. The van der Waals surface area contributed by atoms with E-state index in [9.17, 15) is 9.59 Å². The van der Waals surface area contributed by atoms with Crippen molar-refractivity contribution in [2.75, 3.05) is 13.2 Å². The lowest BCUT2D eigenvalue weighted by molar-refractivity contribution is 0.0455. The second-order valence-corrected chi connectivity index (χ2v) is 9.76. The molecular formula is C28H45ClO4. The van der Waals surface area contributed by atoms with Crippen LogP contribution in [0.25, 0.3) is 0 Å². The predicted molar refractivity (Wildman–Crippen MR) is 137 cm³/mol.